The zero-order chi connectivity index (χ0) is 17.5. The molecule has 0 aliphatic heterocycles. The van der Waals surface area contributed by atoms with Crippen molar-refractivity contribution in [2.45, 2.75) is 89.8 Å². The minimum absolute atomic E-state index is 0.256. The first-order chi connectivity index (χ1) is 12.3. The Labute approximate surface area is 153 Å². The van der Waals surface area contributed by atoms with E-state index in [0.717, 1.165) is 37.5 Å². The van der Waals surface area contributed by atoms with E-state index in [2.05, 4.69) is 37.3 Å². The normalized spacial score (nSPS) is 29.9. The Bertz CT molecular complexity index is 542. The van der Waals surface area contributed by atoms with E-state index in [1.54, 1.807) is 0 Å². The molecule has 0 heterocycles. The lowest BCUT2D eigenvalue weighted by atomic mass is 9.77. The van der Waals surface area contributed by atoms with E-state index in [1.165, 1.54) is 49.7 Å². The standard InChI is InChI=1S/C23H33NO/c1-2-3-18-4-10-21(11-5-18)22-12-6-20(7-13-22)17-25-23-14-8-19(16-24)9-15-23/h6-7,12-13,18-19,21,23H,2-5,8-11,14-15,17H2,1H3/t18-,19?,21-,23?. The van der Waals surface area contributed by atoms with Crippen molar-refractivity contribution in [3.63, 3.8) is 0 Å². The summed E-state index contributed by atoms with van der Waals surface area (Å²) in [7, 11) is 0. The number of nitriles is 1. The number of hydrogen-bond acceptors (Lipinski definition) is 2. The molecular formula is C23H33NO. The predicted molar refractivity (Wildman–Crippen MR) is 102 cm³/mol. The zero-order valence-corrected chi connectivity index (χ0v) is 15.8. The van der Waals surface area contributed by atoms with E-state index >= 15 is 0 Å². The predicted octanol–water partition coefficient (Wildman–Crippen LogP) is 6.36. The Kier molecular flexibility index (Phi) is 6.93. The fourth-order valence-electron chi connectivity index (χ4n) is 4.65. The second kappa shape index (κ2) is 9.39. The molecule has 2 aliphatic rings. The number of ether oxygens (including phenoxy) is 1. The summed E-state index contributed by atoms with van der Waals surface area (Å²) in [6.07, 6.45) is 12.7. The van der Waals surface area contributed by atoms with E-state index in [1.807, 2.05) is 0 Å². The van der Waals surface area contributed by atoms with Crippen LogP contribution in [0.25, 0.3) is 0 Å². The highest BCUT2D eigenvalue weighted by Crippen LogP contribution is 2.37. The molecule has 0 saturated heterocycles. The van der Waals surface area contributed by atoms with E-state index in [-0.39, 0.29) is 5.92 Å². The smallest absolute Gasteiger partial charge is 0.0720 e. The maximum Gasteiger partial charge on any atom is 0.0720 e. The monoisotopic (exact) mass is 339 g/mol. The van der Waals surface area contributed by atoms with E-state index < -0.39 is 0 Å². The fourth-order valence-corrected chi connectivity index (χ4v) is 4.65. The molecule has 3 rings (SSSR count). The molecule has 0 atom stereocenters. The molecular weight excluding hydrogens is 306 g/mol. The lowest BCUT2D eigenvalue weighted by Crippen LogP contribution is -2.20. The van der Waals surface area contributed by atoms with Crippen molar-refractivity contribution < 1.29 is 4.74 Å². The summed E-state index contributed by atoms with van der Waals surface area (Å²) in [5.41, 5.74) is 2.80. The molecule has 2 fully saturated rings. The summed E-state index contributed by atoms with van der Waals surface area (Å²) in [5.74, 6) is 2.00. The van der Waals surface area contributed by atoms with Gasteiger partial charge in [0.05, 0.1) is 18.8 Å². The Hall–Kier alpha value is -1.33. The van der Waals surface area contributed by atoms with Crippen LogP contribution in [-0.4, -0.2) is 6.10 Å². The summed E-state index contributed by atoms with van der Waals surface area (Å²) in [5, 5.41) is 8.97. The van der Waals surface area contributed by atoms with Gasteiger partial charge in [-0.05, 0) is 74.3 Å². The van der Waals surface area contributed by atoms with Crippen LogP contribution < -0.4 is 0 Å². The van der Waals surface area contributed by atoms with Crippen LogP contribution >= 0.6 is 0 Å². The van der Waals surface area contributed by atoms with Crippen molar-refractivity contribution in [1.29, 1.82) is 5.26 Å². The minimum Gasteiger partial charge on any atom is -0.374 e. The maximum absolute atomic E-state index is 8.97. The van der Waals surface area contributed by atoms with Crippen molar-refractivity contribution in [1.82, 2.24) is 0 Å². The van der Waals surface area contributed by atoms with Crippen LogP contribution in [0.15, 0.2) is 24.3 Å². The molecule has 0 unspecified atom stereocenters. The number of benzene rings is 1. The lowest BCUT2D eigenvalue weighted by molar-refractivity contribution is 0.0116. The maximum atomic E-state index is 8.97. The molecule has 136 valence electrons. The summed E-state index contributed by atoms with van der Waals surface area (Å²) in [6.45, 7) is 3.02. The van der Waals surface area contributed by atoms with Crippen LogP contribution in [0.4, 0.5) is 0 Å². The van der Waals surface area contributed by atoms with Crippen molar-refractivity contribution in [2.75, 3.05) is 0 Å². The average molecular weight is 340 g/mol. The molecule has 1 aromatic carbocycles. The quantitative estimate of drug-likeness (QED) is 0.604. The molecule has 2 nitrogen and oxygen atoms in total. The largest absolute Gasteiger partial charge is 0.374 e. The van der Waals surface area contributed by atoms with Gasteiger partial charge in [-0.3, -0.25) is 0 Å². The van der Waals surface area contributed by atoms with Crippen LogP contribution in [-0.2, 0) is 11.3 Å². The topological polar surface area (TPSA) is 33.0 Å². The van der Waals surface area contributed by atoms with Gasteiger partial charge in [-0.25, -0.2) is 0 Å². The van der Waals surface area contributed by atoms with Gasteiger partial charge in [0.25, 0.3) is 0 Å². The third kappa shape index (κ3) is 5.32. The van der Waals surface area contributed by atoms with E-state index in [0.29, 0.717) is 12.7 Å². The molecule has 2 saturated carbocycles. The number of nitrogens with zero attached hydrogens (tertiary/aromatic N) is 1. The zero-order valence-electron chi connectivity index (χ0n) is 15.8. The summed E-state index contributed by atoms with van der Waals surface area (Å²) >= 11 is 0. The fraction of sp³-hybridized carbons (Fsp3) is 0.696. The third-order valence-corrected chi connectivity index (χ3v) is 6.34. The molecule has 0 bridgehead atoms. The van der Waals surface area contributed by atoms with Gasteiger partial charge in [-0.1, -0.05) is 44.0 Å². The summed E-state index contributed by atoms with van der Waals surface area (Å²) in [6, 6.07) is 11.6. The minimum atomic E-state index is 0.256. The van der Waals surface area contributed by atoms with Gasteiger partial charge in [0.2, 0.25) is 0 Å². The van der Waals surface area contributed by atoms with Gasteiger partial charge in [0, 0.05) is 5.92 Å². The molecule has 1 aromatic rings. The molecule has 2 aliphatic carbocycles. The van der Waals surface area contributed by atoms with E-state index in [4.69, 9.17) is 10.00 Å². The van der Waals surface area contributed by atoms with Crippen LogP contribution in [0.2, 0.25) is 0 Å². The number of rotatable bonds is 6. The first kappa shape index (κ1) is 18.5. The Morgan fingerprint density at radius 1 is 0.960 bits per heavy atom. The van der Waals surface area contributed by atoms with Crippen LogP contribution in [0.3, 0.4) is 0 Å². The summed E-state index contributed by atoms with van der Waals surface area (Å²) in [4.78, 5) is 0. The van der Waals surface area contributed by atoms with Gasteiger partial charge in [0.1, 0.15) is 0 Å². The van der Waals surface area contributed by atoms with Crippen LogP contribution in [0.5, 0.6) is 0 Å². The van der Waals surface area contributed by atoms with Gasteiger partial charge in [0.15, 0.2) is 0 Å². The molecule has 0 N–H and O–H groups in total. The number of hydrogen-bond donors (Lipinski definition) is 0. The van der Waals surface area contributed by atoms with Gasteiger partial charge < -0.3 is 4.74 Å². The lowest BCUT2D eigenvalue weighted by Gasteiger charge is -2.28. The van der Waals surface area contributed by atoms with Gasteiger partial charge >= 0.3 is 0 Å². The molecule has 0 amide bonds. The van der Waals surface area contributed by atoms with Crippen molar-refractivity contribution >= 4 is 0 Å². The van der Waals surface area contributed by atoms with Gasteiger partial charge in [-0.2, -0.15) is 5.26 Å². The summed E-state index contributed by atoms with van der Waals surface area (Å²) < 4.78 is 6.08. The second-order valence-corrected chi connectivity index (χ2v) is 8.16. The van der Waals surface area contributed by atoms with E-state index in [9.17, 15) is 0 Å². The Morgan fingerprint density at radius 2 is 1.64 bits per heavy atom. The van der Waals surface area contributed by atoms with Crippen molar-refractivity contribution in [3.8, 4) is 6.07 Å². The highest BCUT2D eigenvalue weighted by molar-refractivity contribution is 5.25. The molecule has 0 radical (unpaired) electrons. The SMILES string of the molecule is CCC[C@H]1CC[C@H](c2ccc(COC3CCC(C#N)CC3)cc2)CC1. The molecule has 25 heavy (non-hydrogen) atoms. The highest BCUT2D eigenvalue weighted by Gasteiger charge is 2.22. The van der Waals surface area contributed by atoms with Crippen molar-refractivity contribution in [3.05, 3.63) is 35.4 Å². The van der Waals surface area contributed by atoms with Crippen molar-refractivity contribution in [2.24, 2.45) is 11.8 Å². The molecule has 0 spiro atoms. The van der Waals surface area contributed by atoms with Gasteiger partial charge in [-0.15, -0.1) is 0 Å². The molecule has 2 heteroatoms. The Morgan fingerprint density at radius 3 is 2.24 bits per heavy atom. The first-order valence-corrected chi connectivity index (χ1v) is 10.4. The highest BCUT2D eigenvalue weighted by atomic mass is 16.5. The molecule has 0 aromatic heterocycles. The van der Waals surface area contributed by atoms with Crippen LogP contribution in [0.1, 0.15) is 88.2 Å². The second-order valence-electron chi connectivity index (χ2n) is 8.16. The van der Waals surface area contributed by atoms with Crippen LogP contribution in [0, 0.1) is 23.2 Å². The first-order valence-electron chi connectivity index (χ1n) is 10.4. The third-order valence-electron chi connectivity index (χ3n) is 6.34. The Balaban J connectivity index is 1.43. The average Bonchev–Trinajstić information content (AvgIpc) is 2.68.